The van der Waals surface area contributed by atoms with E-state index in [4.69, 9.17) is 16.3 Å². The third-order valence-electron chi connectivity index (χ3n) is 2.18. The van der Waals surface area contributed by atoms with Crippen molar-refractivity contribution in [2.45, 2.75) is 6.92 Å². The van der Waals surface area contributed by atoms with Crippen LogP contribution in [0.25, 0.3) is 5.69 Å². The second-order valence-electron chi connectivity index (χ2n) is 3.12. The van der Waals surface area contributed by atoms with Gasteiger partial charge in [-0.1, -0.05) is 6.07 Å². The summed E-state index contributed by atoms with van der Waals surface area (Å²) in [5.41, 5.74) is 2.00. The lowest BCUT2D eigenvalue weighted by molar-refractivity contribution is 0.414. The molecule has 0 aliphatic rings. The lowest BCUT2D eigenvalue weighted by Gasteiger charge is -2.08. The Hall–Kier alpha value is -1.55. The molecular weight excluding hydrogens is 214 g/mol. The summed E-state index contributed by atoms with van der Waals surface area (Å²) < 4.78 is 6.86. The van der Waals surface area contributed by atoms with Gasteiger partial charge >= 0.3 is 0 Å². The van der Waals surface area contributed by atoms with Crippen LogP contribution in [0.5, 0.6) is 5.75 Å². The fraction of sp³-hybridized carbons (Fsp3) is 0.200. The molecule has 0 amide bonds. The highest BCUT2D eigenvalue weighted by molar-refractivity contribution is 6.28. The standard InChI is InChI=1S/C10H10ClN3O/c1-7-3-4-8(15-2)5-9(7)14-6-12-13-10(14)11/h3-6H,1-2H3. The van der Waals surface area contributed by atoms with Gasteiger partial charge < -0.3 is 4.74 Å². The van der Waals surface area contributed by atoms with Crippen LogP contribution in [-0.2, 0) is 0 Å². The van der Waals surface area contributed by atoms with E-state index in [0.717, 1.165) is 17.0 Å². The van der Waals surface area contributed by atoms with Crippen LogP contribution in [0.4, 0.5) is 0 Å². The highest BCUT2D eigenvalue weighted by atomic mass is 35.5. The van der Waals surface area contributed by atoms with Crippen molar-refractivity contribution in [1.29, 1.82) is 0 Å². The van der Waals surface area contributed by atoms with Crippen molar-refractivity contribution in [2.24, 2.45) is 0 Å². The monoisotopic (exact) mass is 223 g/mol. The molecule has 0 aliphatic heterocycles. The van der Waals surface area contributed by atoms with Gasteiger partial charge in [-0.2, -0.15) is 0 Å². The van der Waals surface area contributed by atoms with Crippen molar-refractivity contribution < 1.29 is 4.74 Å². The molecule has 0 spiro atoms. The zero-order chi connectivity index (χ0) is 10.8. The third-order valence-corrected chi connectivity index (χ3v) is 2.44. The normalized spacial score (nSPS) is 10.3. The van der Waals surface area contributed by atoms with Crippen molar-refractivity contribution in [2.75, 3.05) is 7.11 Å². The number of halogens is 1. The summed E-state index contributed by atoms with van der Waals surface area (Å²) in [5.74, 6) is 0.778. The quantitative estimate of drug-likeness (QED) is 0.784. The van der Waals surface area contributed by atoms with Gasteiger partial charge in [0.25, 0.3) is 0 Å². The van der Waals surface area contributed by atoms with Crippen LogP contribution in [0.15, 0.2) is 24.5 Å². The maximum atomic E-state index is 5.89. The molecule has 15 heavy (non-hydrogen) atoms. The molecule has 0 atom stereocenters. The predicted octanol–water partition coefficient (Wildman–Crippen LogP) is 2.24. The fourth-order valence-corrected chi connectivity index (χ4v) is 1.54. The Morgan fingerprint density at radius 3 is 2.80 bits per heavy atom. The van der Waals surface area contributed by atoms with Gasteiger partial charge in [0, 0.05) is 6.07 Å². The van der Waals surface area contributed by atoms with Crippen molar-refractivity contribution in [3.8, 4) is 11.4 Å². The molecule has 2 aromatic rings. The molecule has 2 rings (SSSR count). The average Bonchev–Trinajstić information content (AvgIpc) is 2.65. The smallest absolute Gasteiger partial charge is 0.229 e. The zero-order valence-electron chi connectivity index (χ0n) is 8.44. The number of nitrogens with zero attached hydrogens (tertiary/aromatic N) is 3. The van der Waals surface area contributed by atoms with E-state index in [9.17, 15) is 0 Å². The summed E-state index contributed by atoms with van der Waals surface area (Å²) in [4.78, 5) is 0. The first-order chi connectivity index (χ1) is 7.22. The van der Waals surface area contributed by atoms with Crippen molar-refractivity contribution >= 4 is 11.6 Å². The van der Waals surface area contributed by atoms with Crippen LogP contribution in [0.3, 0.4) is 0 Å². The lowest BCUT2D eigenvalue weighted by Crippen LogP contribution is -1.96. The molecular formula is C10H10ClN3O. The van der Waals surface area contributed by atoms with Crippen LogP contribution in [0.2, 0.25) is 5.28 Å². The number of rotatable bonds is 2. The number of hydrogen-bond donors (Lipinski definition) is 0. The van der Waals surface area contributed by atoms with E-state index in [1.165, 1.54) is 0 Å². The molecule has 0 bridgehead atoms. The van der Waals surface area contributed by atoms with E-state index in [1.54, 1.807) is 18.0 Å². The minimum Gasteiger partial charge on any atom is -0.497 e. The molecule has 5 heteroatoms. The maximum absolute atomic E-state index is 5.89. The van der Waals surface area contributed by atoms with Crippen LogP contribution in [0, 0.1) is 6.92 Å². The van der Waals surface area contributed by atoms with Gasteiger partial charge in [-0.3, -0.25) is 4.57 Å². The van der Waals surface area contributed by atoms with Crippen LogP contribution in [0.1, 0.15) is 5.56 Å². The Kier molecular flexibility index (Phi) is 2.60. The maximum Gasteiger partial charge on any atom is 0.229 e. The second-order valence-corrected chi connectivity index (χ2v) is 3.46. The van der Waals surface area contributed by atoms with E-state index in [-0.39, 0.29) is 0 Å². The van der Waals surface area contributed by atoms with E-state index in [0.29, 0.717) is 5.28 Å². The van der Waals surface area contributed by atoms with Crippen molar-refractivity contribution in [3.05, 3.63) is 35.4 Å². The van der Waals surface area contributed by atoms with Gasteiger partial charge in [0.1, 0.15) is 12.1 Å². The van der Waals surface area contributed by atoms with Crippen molar-refractivity contribution in [3.63, 3.8) is 0 Å². The first kappa shape index (κ1) is 9.98. The van der Waals surface area contributed by atoms with Gasteiger partial charge in [-0.15, -0.1) is 10.2 Å². The summed E-state index contributed by atoms with van der Waals surface area (Å²) in [6.07, 6.45) is 1.57. The van der Waals surface area contributed by atoms with Crippen LogP contribution >= 0.6 is 11.6 Å². The average molecular weight is 224 g/mol. The Labute approximate surface area is 92.5 Å². The van der Waals surface area contributed by atoms with Gasteiger partial charge in [0.05, 0.1) is 12.8 Å². The molecule has 1 aromatic heterocycles. The van der Waals surface area contributed by atoms with Gasteiger partial charge in [0.2, 0.25) is 5.28 Å². The largest absolute Gasteiger partial charge is 0.497 e. The summed E-state index contributed by atoms with van der Waals surface area (Å²) >= 11 is 5.89. The molecule has 1 heterocycles. The predicted molar refractivity (Wildman–Crippen MR) is 57.7 cm³/mol. The number of methoxy groups -OCH3 is 1. The number of aromatic nitrogens is 3. The van der Waals surface area contributed by atoms with E-state index < -0.39 is 0 Å². The number of ether oxygens (including phenoxy) is 1. The molecule has 0 N–H and O–H groups in total. The van der Waals surface area contributed by atoms with Gasteiger partial charge in [-0.05, 0) is 30.2 Å². The number of aryl methyl sites for hydroxylation is 1. The molecule has 78 valence electrons. The molecule has 1 aromatic carbocycles. The minimum absolute atomic E-state index is 0.339. The minimum atomic E-state index is 0.339. The third kappa shape index (κ3) is 1.80. The summed E-state index contributed by atoms with van der Waals surface area (Å²) in [7, 11) is 1.63. The number of hydrogen-bond acceptors (Lipinski definition) is 3. The summed E-state index contributed by atoms with van der Waals surface area (Å²) in [5, 5.41) is 7.80. The van der Waals surface area contributed by atoms with E-state index >= 15 is 0 Å². The molecule has 0 unspecified atom stereocenters. The molecule has 0 fully saturated rings. The first-order valence-electron chi connectivity index (χ1n) is 4.43. The second kappa shape index (κ2) is 3.90. The highest BCUT2D eigenvalue weighted by Gasteiger charge is 2.07. The summed E-state index contributed by atoms with van der Waals surface area (Å²) in [6, 6.07) is 5.76. The zero-order valence-corrected chi connectivity index (χ0v) is 9.19. The van der Waals surface area contributed by atoms with Crippen LogP contribution < -0.4 is 4.74 Å². The van der Waals surface area contributed by atoms with E-state index in [2.05, 4.69) is 10.2 Å². The SMILES string of the molecule is COc1ccc(C)c(-n2cnnc2Cl)c1. The molecule has 0 saturated heterocycles. The Morgan fingerprint density at radius 2 is 2.20 bits per heavy atom. The van der Waals surface area contributed by atoms with Crippen LogP contribution in [-0.4, -0.2) is 21.9 Å². The Balaban J connectivity index is 2.56. The lowest BCUT2D eigenvalue weighted by atomic mass is 10.2. The molecule has 4 nitrogen and oxygen atoms in total. The Morgan fingerprint density at radius 1 is 1.40 bits per heavy atom. The first-order valence-corrected chi connectivity index (χ1v) is 4.80. The topological polar surface area (TPSA) is 39.9 Å². The Bertz CT molecular complexity index is 481. The van der Waals surface area contributed by atoms with E-state index in [1.807, 2.05) is 25.1 Å². The molecule has 0 saturated carbocycles. The summed E-state index contributed by atoms with van der Waals surface area (Å²) in [6.45, 7) is 1.99. The fourth-order valence-electron chi connectivity index (χ4n) is 1.36. The molecule has 0 radical (unpaired) electrons. The van der Waals surface area contributed by atoms with Gasteiger partial charge in [0.15, 0.2) is 0 Å². The molecule has 0 aliphatic carbocycles. The van der Waals surface area contributed by atoms with Crippen molar-refractivity contribution in [1.82, 2.24) is 14.8 Å². The highest BCUT2D eigenvalue weighted by Crippen LogP contribution is 2.22. The van der Waals surface area contributed by atoms with Gasteiger partial charge in [-0.25, -0.2) is 0 Å². The number of benzene rings is 1.